The number of ketones is 2. The zero-order valence-electron chi connectivity index (χ0n) is 11.8. The van der Waals surface area contributed by atoms with Gasteiger partial charge < -0.3 is 10.4 Å². The van der Waals surface area contributed by atoms with Gasteiger partial charge in [0, 0.05) is 23.4 Å². The van der Waals surface area contributed by atoms with Gasteiger partial charge in [0.05, 0.1) is 23.8 Å². The molecule has 2 aliphatic rings. The first-order chi connectivity index (χ1) is 10.6. The standard InChI is InChI=1S/C17H16ClNO3/c18-8-10(20)9-19-14-7-3-6-13-15(14)17(22)12-5-2-1-4-11(12)16(13)21/h1-7,10,13,15,19-20H,8-9H2. The van der Waals surface area contributed by atoms with Crippen LogP contribution in [0.4, 0.5) is 0 Å². The second-order valence-electron chi connectivity index (χ2n) is 5.47. The number of alkyl halides is 1. The monoisotopic (exact) mass is 317 g/mol. The third-order valence-electron chi connectivity index (χ3n) is 4.05. The summed E-state index contributed by atoms with van der Waals surface area (Å²) in [5.41, 5.74) is 1.61. The fourth-order valence-corrected chi connectivity index (χ4v) is 3.06. The fraction of sp³-hybridized carbons (Fsp3) is 0.294. The van der Waals surface area contributed by atoms with E-state index in [2.05, 4.69) is 5.32 Å². The molecule has 0 radical (unpaired) electrons. The number of aliphatic hydroxyl groups is 1. The number of carbonyl (C=O) groups is 2. The van der Waals surface area contributed by atoms with Crippen molar-refractivity contribution >= 4 is 23.2 Å². The minimum Gasteiger partial charge on any atom is -0.390 e. The van der Waals surface area contributed by atoms with Crippen molar-refractivity contribution in [1.29, 1.82) is 0 Å². The van der Waals surface area contributed by atoms with Gasteiger partial charge in [-0.15, -0.1) is 11.6 Å². The predicted octanol–water partition coefficient (Wildman–Crippen LogP) is 1.94. The quantitative estimate of drug-likeness (QED) is 0.833. The third kappa shape index (κ3) is 2.49. The Morgan fingerprint density at radius 3 is 2.55 bits per heavy atom. The summed E-state index contributed by atoms with van der Waals surface area (Å²) < 4.78 is 0. The molecule has 5 heteroatoms. The first-order valence-corrected chi connectivity index (χ1v) is 7.70. The van der Waals surface area contributed by atoms with Gasteiger partial charge in [0.25, 0.3) is 0 Å². The van der Waals surface area contributed by atoms with Gasteiger partial charge in [-0.3, -0.25) is 9.59 Å². The van der Waals surface area contributed by atoms with Gasteiger partial charge in [0.2, 0.25) is 0 Å². The molecule has 114 valence electrons. The lowest BCUT2D eigenvalue weighted by atomic mass is 9.71. The largest absolute Gasteiger partial charge is 0.390 e. The summed E-state index contributed by atoms with van der Waals surface area (Å²) in [4.78, 5) is 25.4. The number of nitrogens with one attached hydrogen (secondary N) is 1. The highest BCUT2D eigenvalue weighted by Crippen LogP contribution is 2.36. The lowest BCUT2D eigenvalue weighted by molar-refractivity contribution is 0.0787. The molecule has 0 spiro atoms. The van der Waals surface area contributed by atoms with Crippen molar-refractivity contribution in [1.82, 2.24) is 5.32 Å². The number of rotatable bonds is 4. The van der Waals surface area contributed by atoms with Crippen molar-refractivity contribution in [2.45, 2.75) is 6.10 Å². The summed E-state index contributed by atoms with van der Waals surface area (Å²) in [5, 5.41) is 12.6. The van der Waals surface area contributed by atoms with Crippen molar-refractivity contribution in [3.8, 4) is 0 Å². The number of fused-ring (bicyclic) bond motifs is 2. The number of benzene rings is 1. The SMILES string of the molecule is O=C1c2ccccc2C(=O)C2C(NCC(O)CCl)=CC=CC12. The number of halogens is 1. The molecule has 0 amide bonds. The fourth-order valence-electron chi connectivity index (χ4n) is 2.95. The van der Waals surface area contributed by atoms with Gasteiger partial charge in [-0.2, -0.15) is 0 Å². The Morgan fingerprint density at radius 2 is 1.86 bits per heavy atom. The highest BCUT2D eigenvalue weighted by molar-refractivity contribution is 6.18. The molecule has 1 aromatic rings. The molecular formula is C17H16ClNO3. The van der Waals surface area contributed by atoms with Gasteiger partial charge in [-0.1, -0.05) is 36.4 Å². The van der Waals surface area contributed by atoms with Crippen LogP contribution in [0.2, 0.25) is 0 Å². The van der Waals surface area contributed by atoms with E-state index in [9.17, 15) is 14.7 Å². The second kappa shape index (κ2) is 6.07. The van der Waals surface area contributed by atoms with Gasteiger partial charge in [-0.05, 0) is 6.08 Å². The average Bonchev–Trinajstić information content (AvgIpc) is 2.57. The van der Waals surface area contributed by atoms with E-state index < -0.39 is 17.9 Å². The van der Waals surface area contributed by atoms with E-state index in [1.165, 1.54) is 0 Å². The van der Waals surface area contributed by atoms with E-state index in [-0.39, 0.29) is 24.0 Å². The second-order valence-corrected chi connectivity index (χ2v) is 5.78. The Hall–Kier alpha value is -1.91. The van der Waals surface area contributed by atoms with Crippen molar-refractivity contribution in [3.63, 3.8) is 0 Å². The summed E-state index contributed by atoms with van der Waals surface area (Å²) in [6.45, 7) is 0.246. The van der Waals surface area contributed by atoms with Crippen LogP contribution in [-0.4, -0.2) is 35.2 Å². The van der Waals surface area contributed by atoms with Crippen LogP contribution in [0.5, 0.6) is 0 Å². The molecule has 0 aromatic heterocycles. The Morgan fingerprint density at radius 1 is 1.18 bits per heavy atom. The summed E-state index contributed by atoms with van der Waals surface area (Å²) in [5.74, 6) is -1.02. The molecule has 1 aromatic carbocycles. The van der Waals surface area contributed by atoms with E-state index in [4.69, 9.17) is 11.6 Å². The molecule has 2 aliphatic carbocycles. The zero-order valence-corrected chi connectivity index (χ0v) is 12.6. The van der Waals surface area contributed by atoms with E-state index in [1.807, 2.05) is 0 Å². The Kier molecular flexibility index (Phi) is 4.14. The average molecular weight is 318 g/mol. The summed E-state index contributed by atoms with van der Waals surface area (Å²) >= 11 is 5.58. The lowest BCUT2D eigenvalue weighted by Crippen LogP contribution is -2.42. The minimum absolute atomic E-state index is 0.0401. The van der Waals surface area contributed by atoms with E-state index in [0.29, 0.717) is 16.8 Å². The molecule has 0 aliphatic heterocycles. The number of aliphatic hydroxyl groups excluding tert-OH is 1. The molecule has 0 saturated heterocycles. The predicted molar refractivity (Wildman–Crippen MR) is 84.0 cm³/mol. The Balaban J connectivity index is 1.92. The third-order valence-corrected chi connectivity index (χ3v) is 4.41. The van der Waals surface area contributed by atoms with Crippen LogP contribution < -0.4 is 5.32 Å². The zero-order chi connectivity index (χ0) is 15.7. The molecule has 0 heterocycles. The molecule has 4 nitrogen and oxygen atoms in total. The van der Waals surface area contributed by atoms with E-state index in [1.54, 1.807) is 42.5 Å². The minimum atomic E-state index is -0.700. The lowest BCUT2D eigenvalue weighted by Gasteiger charge is -2.33. The number of allylic oxidation sites excluding steroid dienone is 4. The first kappa shape index (κ1) is 15.0. The van der Waals surface area contributed by atoms with Crippen molar-refractivity contribution in [3.05, 3.63) is 59.3 Å². The van der Waals surface area contributed by atoms with Crippen LogP contribution in [0.25, 0.3) is 0 Å². The van der Waals surface area contributed by atoms with Crippen LogP contribution in [0.1, 0.15) is 20.7 Å². The molecule has 0 saturated carbocycles. The van der Waals surface area contributed by atoms with Gasteiger partial charge >= 0.3 is 0 Å². The summed E-state index contributed by atoms with van der Waals surface area (Å²) in [6, 6.07) is 6.91. The summed E-state index contributed by atoms with van der Waals surface area (Å²) in [7, 11) is 0. The highest BCUT2D eigenvalue weighted by Gasteiger charge is 2.42. The highest BCUT2D eigenvalue weighted by atomic mass is 35.5. The Bertz CT molecular complexity index is 680. The summed E-state index contributed by atoms with van der Waals surface area (Å²) in [6.07, 6.45) is 4.62. The topological polar surface area (TPSA) is 66.4 Å². The number of hydrogen-bond acceptors (Lipinski definition) is 4. The maximum Gasteiger partial charge on any atom is 0.173 e. The van der Waals surface area contributed by atoms with E-state index in [0.717, 1.165) is 0 Å². The van der Waals surface area contributed by atoms with Crippen LogP contribution in [-0.2, 0) is 0 Å². The van der Waals surface area contributed by atoms with Gasteiger partial charge in [0.15, 0.2) is 11.6 Å². The van der Waals surface area contributed by atoms with Crippen LogP contribution in [0.15, 0.2) is 48.2 Å². The molecule has 0 bridgehead atoms. The van der Waals surface area contributed by atoms with E-state index >= 15 is 0 Å². The Labute approximate surface area is 133 Å². The molecule has 3 unspecified atom stereocenters. The molecule has 2 N–H and O–H groups in total. The molecule has 0 fully saturated rings. The first-order valence-electron chi connectivity index (χ1n) is 7.17. The van der Waals surface area contributed by atoms with Crippen LogP contribution in [0, 0.1) is 11.8 Å². The van der Waals surface area contributed by atoms with Crippen LogP contribution in [0.3, 0.4) is 0 Å². The van der Waals surface area contributed by atoms with Crippen molar-refractivity contribution in [2.75, 3.05) is 12.4 Å². The van der Waals surface area contributed by atoms with Gasteiger partial charge in [-0.25, -0.2) is 0 Å². The molecule has 3 rings (SSSR count). The molecule has 3 atom stereocenters. The maximum atomic E-state index is 12.8. The maximum absolute atomic E-state index is 12.8. The number of hydrogen-bond donors (Lipinski definition) is 2. The molecular weight excluding hydrogens is 302 g/mol. The van der Waals surface area contributed by atoms with Crippen molar-refractivity contribution in [2.24, 2.45) is 11.8 Å². The van der Waals surface area contributed by atoms with Gasteiger partial charge in [0.1, 0.15) is 0 Å². The normalized spacial score (nSPS) is 24.4. The molecule has 22 heavy (non-hydrogen) atoms. The van der Waals surface area contributed by atoms with Crippen molar-refractivity contribution < 1.29 is 14.7 Å². The smallest absolute Gasteiger partial charge is 0.173 e. The number of Topliss-reactive ketones (excluding diaryl/α,β-unsaturated/α-hetero) is 2. The number of carbonyl (C=O) groups excluding carboxylic acids is 2. The van der Waals surface area contributed by atoms with Crippen LogP contribution >= 0.6 is 11.6 Å².